The first-order valence-corrected chi connectivity index (χ1v) is 8.95. The van der Waals surface area contributed by atoms with Crippen molar-refractivity contribution in [2.24, 2.45) is 0 Å². The summed E-state index contributed by atoms with van der Waals surface area (Å²) >= 11 is 1.42. The van der Waals surface area contributed by atoms with Crippen LogP contribution < -0.4 is 20.3 Å². The molecule has 0 atom stereocenters. The van der Waals surface area contributed by atoms with Crippen LogP contribution in [0.4, 0.5) is 0 Å². The minimum Gasteiger partial charge on any atom is -0.497 e. The van der Waals surface area contributed by atoms with Gasteiger partial charge in [0.2, 0.25) is 0 Å². The van der Waals surface area contributed by atoms with Gasteiger partial charge in [0.1, 0.15) is 18.1 Å². The van der Waals surface area contributed by atoms with Crippen LogP contribution in [-0.4, -0.2) is 37.3 Å². The molecule has 1 aromatic heterocycles. The highest BCUT2D eigenvalue weighted by Gasteiger charge is 2.10. The maximum Gasteiger partial charge on any atom is 0.274 e. The molecule has 0 aliphatic rings. The van der Waals surface area contributed by atoms with E-state index in [0.29, 0.717) is 22.7 Å². The Bertz CT molecular complexity index is 952. The zero-order chi connectivity index (χ0) is 19.2. The predicted molar refractivity (Wildman–Crippen MR) is 102 cm³/mol. The largest absolute Gasteiger partial charge is 0.497 e. The summed E-state index contributed by atoms with van der Waals surface area (Å²) in [5.41, 5.74) is 1.88. The molecule has 7 nitrogen and oxygen atoms in total. The van der Waals surface area contributed by atoms with Crippen LogP contribution in [-0.2, 0) is 0 Å². The normalized spacial score (nSPS) is 10.4. The molecule has 0 bridgehead atoms. The van der Waals surface area contributed by atoms with E-state index in [1.807, 2.05) is 24.3 Å². The van der Waals surface area contributed by atoms with Gasteiger partial charge < -0.3 is 14.8 Å². The van der Waals surface area contributed by atoms with Crippen molar-refractivity contribution in [2.45, 2.75) is 0 Å². The van der Waals surface area contributed by atoms with Gasteiger partial charge in [0.05, 0.1) is 18.5 Å². The van der Waals surface area contributed by atoms with Crippen molar-refractivity contribution in [3.8, 4) is 11.5 Å². The number of hydrogen-bond acceptors (Lipinski definition) is 6. The Labute approximate surface area is 159 Å². The number of rotatable bonds is 7. The van der Waals surface area contributed by atoms with Gasteiger partial charge in [-0.25, -0.2) is 5.48 Å². The van der Waals surface area contributed by atoms with E-state index in [4.69, 9.17) is 14.7 Å². The van der Waals surface area contributed by atoms with E-state index in [2.05, 4.69) is 5.32 Å². The lowest BCUT2D eigenvalue weighted by Crippen LogP contribution is -2.27. The summed E-state index contributed by atoms with van der Waals surface area (Å²) in [5.74, 6) is 0.569. The summed E-state index contributed by atoms with van der Waals surface area (Å²) in [6.45, 7) is 0.630. The molecule has 0 saturated carbocycles. The number of hydrogen-bond donors (Lipinski definition) is 3. The van der Waals surface area contributed by atoms with E-state index in [1.54, 1.807) is 24.7 Å². The van der Waals surface area contributed by atoms with Crippen LogP contribution in [0.2, 0.25) is 0 Å². The molecule has 2 amide bonds. The van der Waals surface area contributed by atoms with Gasteiger partial charge in [-0.1, -0.05) is 0 Å². The van der Waals surface area contributed by atoms with Crippen LogP contribution in [0.5, 0.6) is 11.5 Å². The minimum absolute atomic E-state index is 0.159. The molecule has 0 fully saturated rings. The number of benzene rings is 2. The molecule has 3 N–H and O–H groups in total. The number of nitrogens with one attached hydrogen (secondary N) is 2. The molecule has 0 spiro atoms. The van der Waals surface area contributed by atoms with Crippen LogP contribution in [0, 0.1) is 0 Å². The zero-order valence-electron chi connectivity index (χ0n) is 14.5. The van der Waals surface area contributed by atoms with Gasteiger partial charge in [0.25, 0.3) is 11.8 Å². The number of thiophene rings is 1. The second-order valence-electron chi connectivity index (χ2n) is 5.58. The van der Waals surface area contributed by atoms with Crippen molar-refractivity contribution in [3.63, 3.8) is 0 Å². The summed E-state index contributed by atoms with van der Waals surface area (Å²) in [5, 5.41) is 12.4. The van der Waals surface area contributed by atoms with Crippen molar-refractivity contribution < 1.29 is 24.3 Å². The monoisotopic (exact) mass is 386 g/mol. The third-order valence-electron chi connectivity index (χ3n) is 3.82. The highest BCUT2D eigenvalue weighted by Crippen LogP contribution is 2.28. The quantitative estimate of drug-likeness (QED) is 0.330. The Hall–Kier alpha value is -3.10. The summed E-state index contributed by atoms with van der Waals surface area (Å²) in [6, 6.07) is 13.8. The Morgan fingerprint density at radius 1 is 1.04 bits per heavy atom. The van der Waals surface area contributed by atoms with E-state index in [9.17, 15) is 9.59 Å². The highest BCUT2D eigenvalue weighted by molar-refractivity contribution is 7.20. The third-order valence-corrected chi connectivity index (χ3v) is 4.94. The van der Waals surface area contributed by atoms with Gasteiger partial charge in [-0.3, -0.25) is 14.8 Å². The van der Waals surface area contributed by atoms with Crippen LogP contribution in [0.1, 0.15) is 20.0 Å². The Kier molecular flexibility index (Phi) is 5.90. The van der Waals surface area contributed by atoms with Crippen molar-refractivity contribution >= 4 is 33.2 Å². The van der Waals surface area contributed by atoms with Gasteiger partial charge in [-0.15, -0.1) is 11.3 Å². The predicted octanol–water partition coefficient (Wildman–Crippen LogP) is 2.84. The first-order valence-electron chi connectivity index (χ1n) is 8.14. The lowest BCUT2D eigenvalue weighted by Gasteiger charge is -2.07. The molecule has 0 aliphatic carbocycles. The number of hydroxylamine groups is 1. The van der Waals surface area contributed by atoms with Crippen molar-refractivity contribution in [2.75, 3.05) is 20.3 Å². The fourth-order valence-electron chi connectivity index (χ4n) is 2.45. The molecule has 0 aliphatic heterocycles. The van der Waals surface area contributed by atoms with Crippen LogP contribution >= 0.6 is 11.3 Å². The molecule has 0 saturated heterocycles. The maximum atomic E-state index is 12.3. The first-order chi connectivity index (χ1) is 13.1. The first kappa shape index (κ1) is 18.7. The Balaban J connectivity index is 1.50. The smallest absolute Gasteiger partial charge is 0.274 e. The summed E-state index contributed by atoms with van der Waals surface area (Å²) in [7, 11) is 1.61. The van der Waals surface area contributed by atoms with Gasteiger partial charge in [0.15, 0.2) is 0 Å². The van der Waals surface area contributed by atoms with Crippen LogP contribution in [0.15, 0.2) is 48.5 Å². The molecule has 3 aromatic rings. The van der Waals surface area contributed by atoms with E-state index in [1.165, 1.54) is 23.5 Å². The number of amides is 2. The molecule has 2 aromatic carbocycles. The lowest BCUT2D eigenvalue weighted by atomic mass is 10.2. The van der Waals surface area contributed by atoms with Crippen molar-refractivity contribution in [3.05, 3.63) is 59.0 Å². The molecule has 3 rings (SSSR count). The van der Waals surface area contributed by atoms with Gasteiger partial charge in [-0.05, 0) is 53.9 Å². The topological polar surface area (TPSA) is 96.9 Å². The van der Waals surface area contributed by atoms with E-state index in [-0.39, 0.29) is 12.5 Å². The standard InChI is InChI=1S/C19H18N2O5S/c1-25-15-6-7-16-13(10-15)11-17(27-16)19(23)20-8-9-26-14-4-2-12(3-5-14)18(22)21-24/h2-7,10-11,24H,8-9H2,1H3,(H,20,23)(H,21,22). The number of carbonyl (C=O) groups is 2. The molecular weight excluding hydrogens is 368 g/mol. The van der Waals surface area contributed by atoms with E-state index < -0.39 is 5.91 Å². The van der Waals surface area contributed by atoms with Gasteiger partial charge in [0, 0.05) is 10.3 Å². The number of fused-ring (bicyclic) bond motifs is 1. The van der Waals surface area contributed by atoms with Gasteiger partial charge >= 0.3 is 0 Å². The second kappa shape index (κ2) is 8.52. The molecule has 1 heterocycles. The molecular formula is C19H18N2O5S. The minimum atomic E-state index is -0.588. The SMILES string of the molecule is COc1ccc2sc(C(=O)NCCOc3ccc(C(=O)NO)cc3)cc2c1. The fourth-order valence-corrected chi connectivity index (χ4v) is 3.41. The highest BCUT2D eigenvalue weighted by atomic mass is 32.1. The van der Waals surface area contributed by atoms with E-state index in [0.717, 1.165) is 15.8 Å². The number of methoxy groups -OCH3 is 1. The average Bonchev–Trinajstić information content (AvgIpc) is 3.14. The fraction of sp³-hybridized carbons (Fsp3) is 0.158. The second-order valence-corrected chi connectivity index (χ2v) is 6.67. The maximum absolute atomic E-state index is 12.3. The number of carbonyl (C=O) groups excluding carboxylic acids is 2. The van der Waals surface area contributed by atoms with Crippen LogP contribution in [0.3, 0.4) is 0 Å². The number of ether oxygens (including phenoxy) is 2. The Morgan fingerprint density at radius 3 is 2.48 bits per heavy atom. The Morgan fingerprint density at radius 2 is 1.78 bits per heavy atom. The molecule has 140 valence electrons. The summed E-state index contributed by atoms with van der Waals surface area (Å²) in [4.78, 5) is 24.1. The summed E-state index contributed by atoms with van der Waals surface area (Å²) < 4.78 is 11.7. The summed E-state index contributed by atoms with van der Waals surface area (Å²) in [6.07, 6.45) is 0. The zero-order valence-corrected chi connectivity index (χ0v) is 15.3. The van der Waals surface area contributed by atoms with Gasteiger partial charge in [-0.2, -0.15) is 0 Å². The van der Waals surface area contributed by atoms with Crippen molar-refractivity contribution in [1.29, 1.82) is 0 Å². The van der Waals surface area contributed by atoms with Crippen molar-refractivity contribution in [1.82, 2.24) is 10.8 Å². The molecule has 0 unspecified atom stereocenters. The average molecular weight is 386 g/mol. The third kappa shape index (κ3) is 4.55. The molecule has 0 radical (unpaired) electrons. The lowest BCUT2D eigenvalue weighted by molar-refractivity contribution is 0.0706. The molecule has 8 heteroatoms. The van der Waals surface area contributed by atoms with E-state index >= 15 is 0 Å². The molecule has 27 heavy (non-hydrogen) atoms. The van der Waals surface area contributed by atoms with Crippen LogP contribution in [0.25, 0.3) is 10.1 Å².